The maximum absolute atomic E-state index is 6.02. The summed E-state index contributed by atoms with van der Waals surface area (Å²) in [7, 11) is 0. The lowest BCUT2D eigenvalue weighted by molar-refractivity contribution is 0.853. The monoisotopic (exact) mass is 330 g/mol. The van der Waals surface area contributed by atoms with Crippen LogP contribution in [0.2, 0.25) is 5.02 Å². The highest BCUT2D eigenvalue weighted by molar-refractivity contribution is 9.10. The van der Waals surface area contributed by atoms with Crippen LogP contribution in [0.25, 0.3) is 11.3 Å². The van der Waals surface area contributed by atoms with Gasteiger partial charge in [-0.3, -0.25) is 0 Å². The van der Waals surface area contributed by atoms with Crippen LogP contribution in [0, 0.1) is 0 Å². The summed E-state index contributed by atoms with van der Waals surface area (Å²) in [4.78, 5) is 4.59. The van der Waals surface area contributed by atoms with Gasteiger partial charge < -0.3 is 5.73 Å². The Balaban J connectivity index is 2.56. The molecule has 5 heteroatoms. The Kier molecular flexibility index (Phi) is 3.76. The smallest absolute Gasteiger partial charge is 0.114 e. The Morgan fingerprint density at radius 1 is 1.41 bits per heavy atom. The van der Waals surface area contributed by atoms with E-state index in [0.29, 0.717) is 10.9 Å². The zero-order valence-electron chi connectivity index (χ0n) is 9.50. The summed E-state index contributed by atoms with van der Waals surface area (Å²) < 4.78 is 0.953. The van der Waals surface area contributed by atoms with Crippen molar-refractivity contribution in [2.24, 2.45) is 0 Å². The summed E-state index contributed by atoms with van der Waals surface area (Å²) in [5.74, 6) is 0.383. The third kappa shape index (κ3) is 2.64. The zero-order chi connectivity index (χ0) is 12.6. The highest BCUT2D eigenvalue weighted by atomic mass is 79.9. The molecule has 2 N–H and O–H groups in total. The fraction of sp³-hybridized carbons (Fsp3) is 0.250. The van der Waals surface area contributed by atoms with E-state index in [1.165, 1.54) is 11.3 Å². The fourth-order valence-corrected chi connectivity index (χ4v) is 2.92. The van der Waals surface area contributed by atoms with Gasteiger partial charge in [0.1, 0.15) is 10.7 Å². The Hall–Kier alpha value is -0.580. The quantitative estimate of drug-likeness (QED) is 0.847. The second-order valence-electron chi connectivity index (χ2n) is 4.04. The third-order valence-corrected chi connectivity index (χ3v) is 4.46. The van der Waals surface area contributed by atoms with Gasteiger partial charge in [0.15, 0.2) is 0 Å². The lowest BCUT2D eigenvalue weighted by atomic mass is 10.1. The molecule has 0 unspecified atom stereocenters. The van der Waals surface area contributed by atoms with E-state index < -0.39 is 0 Å². The first-order chi connectivity index (χ1) is 7.99. The van der Waals surface area contributed by atoms with Gasteiger partial charge in [-0.05, 0) is 18.2 Å². The highest BCUT2D eigenvalue weighted by Crippen LogP contribution is 2.38. The maximum Gasteiger partial charge on any atom is 0.114 e. The molecule has 1 heterocycles. The molecule has 0 atom stereocenters. The highest BCUT2D eigenvalue weighted by Gasteiger charge is 2.15. The molecule has 2 aromatic rings. The van der Waals surface area contributed by atoms with Crippen LogP contribution in [-0.2, 0) is 0 Å². The molecule has 0 aliphatic rings. The van der Waals surface area contributed by atoms with Crippen molar-refractivity contribution in [1.29, 1.82) is 0 Å². The van der Waals surface area contributed by atoms with E-state index in [1.807, 2.05) is 18.2 Å². The van der Waals surface area contributed by atoms with Crippen molar-refractivity contribution >= 4 is 43.9 Å². The van der Waals surface area contributed by atoms with Crippen LogP contribution in [0.15, 0.2) is 22.7 Å². The number of thiazole rings is 1. The van der Waals surface area contributed by atoms with E-state index in [4.69, 9.17) is 17.3 Å². The van der Waals surface area contributed by atoms with Crippen LogP contribution in [0.5, 0.6) is 0 Å². The molecule has 0 amide bonds. The first-order valence-corrected chi connectivity index (χ1v) is 7.19. The molecular weight excluding hydrogens is 320 g/mol. The van der Waals surface area contributed by atoms with E-state index in [2.05, 4.69) is 34.8 Å². The van der Waals surface area contributed by atoms with Crippen LogP contribution < -0.4 is 5.73 Å². The number of halogens is 2. The number of rotatable bonds is 2. The number of nitrogens with two attached hydrogens (primary N) is 1. The van der Waals surface area contributed by atoms with Crippen molar-refractivity contribution in [2.75, 3.05) is 5.73 Å². The Bertz CT molecular complexity index is 551. The van der Waals surface area contributed by atoms with Gasteiger partial charge in [-0.15, -0.1) is 11.3 Å². The van der Waals surface area contributed by atoms with Gasteiger partial charge >= 0.3 is 0 Å². The molecule has 0 aliphatic carbocycles. The molecule has 1 aromatic heterocycles. The predicted molar refractivity (Wildman–Crippen MR) is 78.8 cm³/mol. The van der Waals surface area contributed by atoms with E-state index in [1.54, 1.807) is 0 Å². The SMILES string of the molecule is CC(C)c1nc(-c2cc(Cl)ccc2Br)c(N)s1. The molecule has 2 rings (SSSR count). The van der Waals surface area contributed by atoms with Crippen LogP contribution in [0.1, 0.15) is 24.8 Å². The Morgan fingerprint density at radius 2 is 2.12 bits per heavy atom. The van der Waals surface area contributed by atoms with Crippen LogP contribution in [0.4, 0.5) is 5.00 Å². The Labute approximate surface area is 118 Å². The van der Waals surface area contributed by atoms with Crippen molar-refractivity contribution in [3.05, 3.63) is 32.7 Å². The molecule has 0 saturated carbocycles. The van der Waals surface area contributed by atoms with Gasteiger partial charge in [-0.2, -0.15) is 0 Å². The van der Waals surface area contributed by atoms with E-state index in [-0.39, 0.29) is 0 Å². The summed E-state index contributed by atoms with van der Waals surface area (Å²) in [5.41, 5.74) is 7.78. The topological polar surface area (TPSA) is 38.9 Å². The van der Waals surface area contributed by atoms with Gasteiger partial charge in [0.25, 0.3) is 0 Å². The average Bonchev–Trinajstić information content (AvgIpc) is 2.64. The lowest BCUT2D eigenvalue weighted by Gasteiger charge is -2.03. The van der Waals surface area contributed by atoms with E-state index >= 15 is 0 Å². The first kappa shape index (κ1) is 12.9. The summed E-state index contributed by atoms with van der Waals surface area (Å²) in [6.45, 7) is 4.21. The van der Waals surface area contributed by atoms with Crippen LogP contribution in [0.3, 0.4) is 0 Å². The fourth-order valence-electron chi connectivity index (χ4n) is 1.47. The largest absolute Gasteiger partial charge is 0.389 e. The summed E-state index contributed by atoms with van der Waals surface area (Å²) in [6, 6.07) is 5.62. The summed E-state index contributed by atoms with van der Waals surface area (Å²) in [6.07, 6.45) is 0. The normalized spacial score (nSPS) is 11.1. The van der Waals surface area contributed by atoms with Crippen molar-refractivity contribution in [3.63, 3.8) is 0 Å². The van der Waals surface area contributed by atoms with Gasteiger partial charge in [0.2, 0.25) is 0 Å². The molecule has 0 radical (unpaired) electrons. The van der Waals surface area contributed by atoms with Crippen molar-refractivity contribution in [1.82, 2.24) is 4.98 Å². The molecule has 0 aliphatic heterocycles. The molecule has 0 fully saturated rings. The zero-order valence-corrected chi connectivity index (χ0v) is 12.7. The number of hydrogen-bond donors (Lipinski definition) is 1. The van der Waals surface area contributed by atoms with Gasteiger partial charge in [-0.1, -0.05) is 41.4 Å². The second kappa shape index (κ2) is 4.96. The first-order valence-electron chi connectivity index (χ1n) is 5.20. The lowest BCUT2D eigenvalue weighted by Crippen LogP contribution is -1.88. The molecule has 90 valence electrons. The number of anilines is 1. The molecule has 0 saturated heterocycles. The van der Waals surface area contributed by atoms with Gasteiger partial charge in [-0.25, -0.2) is 4.98 Å². The average molecular weight is 332 g/mol. The number of nitrogens with zero attached hydrogens (tertiary/aromatic N) is 1. The molecule has 0 bridgehead atoms. The van der Waals surface area contributed by atoms with E-state index in [9.17, 15) is 0 Å². The number of hydrogen-bond acceptors (Lipinski definition) is 3. The van der Waals surface area contributed by atoms with Crippen molar-refractivity contribution < 1.29 is 0 Å². The standard InChI is InChI=1S/C12H12BrClN2S/c1-6(2)12-16-10(11(15)17-12)8-5-7(14)3-4-9(8)13/h3-6H,15H2,1-2H3. The number of benzene rings is 1. The van der Waals surface area contributed by atoms with Crippen LogP contribution in [-0.4, -0.2) is 4.98 Å². The second-order valence-corrected chi connectivity index (χ2v) is 6.40. The molecule has 0 spiro atoms. The minimum absolute atomic E-state index is 0.383. The number of nitrogen functional groups attached to an aromatic ring is 1. The molecule has 1 aromatic carbocycles. The molecule has 17 heavy (non-hydrogen) atoms. The minimum Gasteiger partial charge on any atom is -0.389 e. The van der Waals surface area contributed by atoms with Gasteiger partial charge in [0, 0.05) is 21.0 Å². The Morgan fingerprint density at radius 3 is 2.71 bits per heavy atom. The summed E-state index contributed by atoms with van der Waals surface area (Å²) >= 11 is 11.0. The van der Waals surface area contributed by atoms with Crippen molar-refractivity contribution in [2.45, 2.75) is 19.8 Å². The predicted octanol–water partition coefficient (Wildman–Crippen LogP) is 4.93. The van der Waals surface area contributed by atoms with Gasteiger partial charge in [0.05, 0.1) is 5.01 Å². The van der Waals surface area contributed by atoms with Crippen molar-refractivity contribution in [3.8, 4) is 11.3 Å². The maximum atomic E-state index is 6.02. The molecule has 2 nitrogen and oxygen atoms in total. The minimum atomic E-state index is 0.383. The summed E-state index contributed by atoms with van der Waals surface area (Å²) in [5, 5.41) is 2.46. The molecular formula is C12H12BrClN2S. The van der Waals surface area contributed by atoms with E-state index in [0.717, 1.165) is 25.7 Å². The third-order valence-electron chi connectivity index (χ3n) is 2.35. The number of aromatic nitrogens is 1. The van der Waals surface area contributed by atoms with Crippen LogP contribution >= 0.6 is 38.9 Å².